The van der Waals surface area contributed by atoms with E-state index in [1.807, 2.05) is 18.2 Å². The summed E-state index contributed by atoms with van der Waals surface area (Å²) in [5.74, 6) is -0.218. The molecule has 0 aliphatic rings. The summed E-state index contributed by atoms with van der Waals surface area (Å²) in [6.45, 7) is 4.40. The number of carbonyl (C=O) groups is 1. The predicted octanol–water partition coefficient (Wildman–Crippen LogP) is 5.30. The van der Waals surface area contributed by atoms with Crippen LogP contribution in [0, 0.1) is 24.0 Å². The van der Waals surface area contributed by atoms with E-state index in [0.717, 1.165) is 31.3 Å². The number of aromatic nitrogens is 2. The molecule has 9 heteroatoms. The summed E-state index contributed by atoms with van der Waals surface area (Å²) in [4.78, 5) is 35.0. The highest BCUT2D eigenvalue weighted by Crippen LogP contribution is 2.38. The molecule has 2 aromatic carbocycles. The molecule has 2 aromatic heterocycles. The minimum Gasteiger partial charge on any atom is -0.348 e. The highest BCUT2D eigenvalue weighted by molar-refractivity contribution is 7.99. The van der Waals surface area contributed by atoms with Crippen molar-refractivity contribution in [1.82, 2.24) is 15.3 Å². The topological polar surface area (TPSA) is 98.0 Å². The van der Waals surface area contributed by atoms with E-state index in [2.05, 4.69) is 29.1 Å². The van der Waals surface area contributed by atoms with Gasteiger partial charge in [-0.3, -0.25) is 14.9 Å². The normalized spacial score (nSPS) is 10.9. The second kappa shape index (κ2) is 8.83. The van der Waals surface area contributed by atoms with Crippen molar-refractivity contribution in [2.45, 2.75) is 30.3 Å². The quantitative estimate of drug-likeness (QED) is 0.243. The van der Waals surface area contributed by atoms with Gasteiger partial charge in [-0.2, -0.15) is 0 Å². The fourth-order valence-electron chi connectivity index (χ4n) is 3.09. The molecule has 0 aliphatic heterocycles. The number of amides is 1. The van der Waals surface area contributed by atoms with Gasteiger partial charge < -0.3 is 5.32 Å². The Bertz CT molecular complexity index is 1290. The third-order valence-corrected chi connectivity index (χ3v) is 7.06. The Hall–Kier alpha value is -3.30. The first-order valence-corrected chi connectivity index (χ1v) is 11.1. The fourth-order valence-corrected chi connectivity index (χ4v) is 5.23. The van der Waals surface area contributed by atoms with Crippen molar-refractivity contribution in [1.29, 1.82) is 0 Å². The van der Waals surface area contributed by atoms with Crippen LogP contribution in [-0.2, 0) is 6.54 Å². The van der Waals surface area contributed by atoms with Gasteiger partial charge in [0.15, 0.2) is 0 Å². The van der Waals surface area contributed by atoms with Gasteiger partial charge in [-0.05, 0) is 37.1 Å². The van der Waals surface area contributed by atoms with Crippen LogP contribution in [0.15, 0.2) is 64.8 Å². The lowest BCUT2D eigenvalue weighted by molar-refractivity contribution is -0.384. The molecular formula is C22H18N4O3S2. The monoisotopic (exact) mass is 450 g/mol. The number of non-ortho nitro benzene ring substituents is 1. The number of hydrogen-bond acceptors (Lipinski definition) is 7. The summed E-state index contributed by atoms with van der Waals surface area (Å²) in [6.07, 6.45) is 1.55. The zero-order chi connectivity index (χ0) is 22.0. The SMILES string of the molecule is Cc1sc2ncnc(Sc3ccccc3C(=O)NCc3ccc([N+](=O)[O-])cc3)c2c1C. The Kier molecular flexibility index (Phi) is 5.97. The molecule has 31 heavy (non-hydrogen) atoms. The van der Waals surface area contributed by atoms with Gasteiger partial charge in [0.25, 0.3) is 11.6 Å². The Labute approximate surface area is 186 Å². The second-order valence-electron chi connectivity index (χ2n) is 6.85. The summed E-state index contributed by atoms with van der Waals surface area (Å²) in [6, 6.07) is 13.5. The first kappa shape index (κ1) is 21.0. The Morgan fingerprint density at radius 3 is 2.61 bits per heavy atom. The molecule has 0 unspecified atom stereocenters. The Morgan fingerprint density at radius 2 is 1.87 bits per heavy atom. The number of nitro benzene ring substituents is 1. The number of nitro groups is 1. The van der Waals surface area contributed by atoms with Crippen LogP contribution in [0.3, 0.4) is 0 Å². The lowest BCUT2D eigenvalue weighted by atomic mass is 10.2. The molecule has 2 heterocycles. The van der Waals surface area contributed by atoms with Crippen LogP contribution in [0.25, 0.3) is 10.2 Å². The number of nitrogens with zero attached hydrogens (tertiary/aromatic N) is 3. The summed E-state index contributed by atoms with van der Waals surface area (Å²) in [5.41, 5.74) is 2.51. The molecule has 0 spiro atoms. The predicted molar refractivity (Wildman–Crippen MR) is 122 cm³/mol. The van der Waals surface area contributed by atoms with Crippen molar-refractivity contribution in [2.24, 2.45) is 0 Å². The van der Waals surface area contributed by atoms with E-state index >= 15 is 0 Å². The van der Waals surface area contributed by atoms with E-state index in [1.165, 1.54) is 28.8 Å². The zero-order valence-corrected chi connectivity index (χ0v) is 18.4. The first-order chi connectivity index (χ1) is 14.9. The lowest BCUT2D eigenvalue weighted by Crippen LogP contribution is -2.23. The number of nitrogens with one attached hydrogen (secondary N) is 1. The number of benzene rings is 2. The minimum atomic E-state index is -0.448. The van der Waals surface area contributed by atoms with Crippen LogP contribution >= 0.6 is 23.1 Å². The lowest BCUT2D eigenvalue weighted by Gasteiger charge is -2.10. The fraction of sp³-hybridized carbons (Fsp3) is 0.136. The van der Waals surface area contributed by atoms with Crippen molar-refractivity contribution in [2.75, 3.05) is 0 Å². The van der Waals surface area contributed by atoms with Gasteiger partial charge in [0.2, 0.25) is 0 Å². The molecule has 0 bridgehead atoms. The van der Waals surface area contributed by atoms with Crippen molar-refractivity contribution in [3.8, 4) is 0 Å². The standard InChI is InChI=1S/C22H18N4O3S2/c1-13-14(2)30-21-19(13)22(25-12-24-21)31-18-6-4-3-5-17(18)20(27)23-11-15-7-9-16(10-8-15)26(28)29/h3-10,12H,11H2,1-2H3,(H,23,27). The molecule has 0 saturated carbocycles. The summed E-state index contributed by atoms with van der Waals surface area (Å²) < 4.78 is 0. The van der Waals surface area contributed by atoms with Crippen LogP contribution in [0.5, 0.6) is 0 Å². The molecule has 0 radical (unpaired) electrons. The van der Waals surface area contributed by atoms with Crippen LogP contribution in [0.4, 0.5) is 5.69 Å². The van der Waals surface area contributed by atoms with Crippen LogP contribution in [0.1, 0.15) is 26.4 Å². The molecule has 1 N–H and O–H groups in total. The third-order valence-electron chi connectivity index (χ3n) is 4.87. The summed E-state index contributed by atoms with van der Waals surface area (Å²) in [7, 11) is 0. The van der Waals surface area contributed by atoms with E-state index < -0.39 is 4.92 Å². The molecular weight excluding hydrogens is 432 g/mol. The number of fused-ring (bicyclic) bond motifs is 1. The maximum absolute atomic E-state index is 12.9. The van der Waals surface area contributed by atoms with Crippen LogP contribution in [-0.4, -0.2) is 20.8 Å². The Balaban J connectivity index is 1.55. The zero-order valence-electron chi connectivity index (χ0n) is 16.8. The molecule has 4 rings (SSSR count). The number of carbonyl (C=O) groups excluding carboxylic acids is 1. The van der Waals surface area contributed by atoms with Crippen LogP contribution in [0.2, 0.25) is 0 Å². The van der Waals surface area contributed by atoms with E-state index in [9.17, 15) is 14.9 Å². The molecule has 0 aliphatic carbocycles. The average Bonchev–Trinajstić information content (AvgIpc) is 3.07. The van der Waals surface area contributed by atoms with E-state index in [-0.39, 0.29) is 18.1 Å². The molecule has 1 amide bonds. The minimum absolute atomic E-state index is 0.0203. The van der Waals surface area contributed by atoms with E-state index in [0.29, 0.717) is 5.56 Å². The number of hydrogen-bond donors (Lipinski definition) is 1. The maximum atomic E-state index is 12.9. The van der Waals surface area contributed by atoms with Gasteiger partial charge >= 0.3 is 0 Å². The van der Waals surface area contributed by atoms with Crippen molar-refractivity contribution >= 4 is 44.9 Å². The Morgan fingerprint density at radius 1 is 1.13 bits per heavy atom. The molecule has 0 atom stereocenters. The highest BCUT2D eigenvalue weighted by atomic mass is 32.2. The molecule has 4 aromatic rings. The average molecular weight is 451 g/mol. The smallest absolute Gasteiger partial charge is 0.269 e. The van der Waals surface area contributed by atoms with Crippen molar-refractivity contribution in [3.63, 3.8) is 0 Å². The number of aryl methyl sites for hydroxylation is 2. The first-order valence-electron chi connectivity index (χ1n) is 9.43. The van der Waals surface area contributed by atoms with Gasteiger partial charge in [-0.25, -0.2) is 9.97 Å². The molecule has 7 nitrogen and oxygen atoms in total. The van der Waals surface area contributed by atoms with Gasteiger partial charge in [-0.15, -0.1) is 11.3 Å². The maximum Gasteiger partial charge on any atom is 0.269 e. The van der Waals surface area contributed by atoms with Crippen LogP contribution < -0.4 is 5.32 Å². The van der Waals surface area contributed by atoms with Gasteiger partial charge in [-0.1, -0.05) is 36.0 Å². The highest BCUT2D eigenvalue weighted by Gasteiger charge is 2.17. The van der Waals surface area contributed by atoms with Gasteiger partial charge in [0.1, 0.15) is 16.2 Å². The second-order valence-corrected chi connectivity index (χ2v) is 9.08. The summed E-state index contributed by atoms with van der Waals surface area (Å²) >= 11 is 3.08. The molecule has 156 valence electrons. The van der Waals surface area contributed by atoms with E-state index in [1.54, 1.807) is 35.9 Å². The summed E-state index contributed by atoms with van der Waals surface area (Å²) in [5, 5.41) is 15.5. The number of rotatable bonds is 6. The van der Waals surface area contributed by atoms with Gasteiger partial charge in [0, 0.05) is 33.8 Å². The van der Waals surface area contributed by atoms with Crippen molar-refractivity contribution in [3.05, 3.63) is 86.5 Å². The number of thiophene rings is 1. The molecule has 0 saturated heterocycles. The van der Waals surface area contributed by atoms with E-state index in [4.69, 9.17) is 0 Å². The largest absolute Gasteiger partial charge is 0.348 e. The third kappa shape index (κ3) is 4.42. The molecule has 0 fully saturated rings. The van der Waals surface area contributed by atoms with Crippen molar-refractivity contribution < 1.29 is 9.72 Å². The van der Waals surface area contributed by atoms with Gasteiger partial charge in [0.05, 0.1) is 10.5 Å².